The van der Waals surface area contributed by atoms with E-state index in [2.05, 4.69) is 35.5 Å². The van der Waals surface area contributed by atoms with Crippen molar-refractivity contribution in [3.63, 3.8) is 0 Å². The van der Waals surface area contributed by atoms with Crippen LogP contribution in [-0.2, 0) is 19.1 Å². The summed E-state index contributed by atoms with van der Waals surface area (Å²) >= 11 is 0. The maximum Gasteiger partial charge on any atom is 0.333 e. The van der Waals surface area contributed by atoms with Crippen LogP contribution in [0.2, 0.25) is 0 Å². The highest BCUT2D eigenvalue weighted by atomic mass is 16.6. The van der Waals surface area contributed by atoms with E-state index in [0.717, 1.165) is 0 Å². The Bertz CT molecular complexity index is 719. The van der Waals surface area contributed by atoms with Crippen molar-refractivity contribution in [2.45, 2.75) is 40.2 Å². The molecule has 0 aliphatic carbocycles. The second-order valence-corrected chi connectivity index (χ2v) is 4.68. The highest BCUT2D eigenvalue weighted by Gasteiger charge is 2.13. The van der Waals surface area contributed by atoms with Crippen molar-refractivity contribution in [1.29, 1.82) is 0 Å². The van der Waals surface area contributed by atoms with Crippen molar-refractivity contribution in [3.05, 3.63) is 36.0 Å². The van der Waals surface area contributed by atoms with Crippen LogP contribution < -0.4 is 0 Å². The van der Waals surface area contributed by atoms with E-state index < -0.39 is 12.1 Å². The molecule has 25 heavy (non-hydrogen) atoms. The highest BCUT2D eigenvalue weighted by Crippen LogP contribution is 2.07. The number of allylic oxidation sites excluding steroid dienone is 4. The van der Waals surface area contributed by atoms with Gasteiger partial charge in [-0.3, -0.25) is 4.79 Å². The zero-order chi connectivity index (χ0) is 18.9. The first kappa shape index (κ1) is 21.8. The van der Waals surface area contributed by atoms with Crippen LogP contribution in [0.4, 0.5) is 0 Å². The number of hydrogen-bond acceptors (Lipinski definition) is 4. The molecule has 0 N–H and O–H groups in total. The summed E-state index contributed by atoms with van der Waals surface area (Å²) in [6.45, 7) is 6.64. The standard InChI is InChI=1S/C21H22O4/c1-5-7-8-9-10-11-12-13-14-15-20(16-17-24-19(4)22)25-21(23)18(3)6-2/h6,12-15,20H,16-17H2,1-4H3/b13-12-,15-14+,18-6-/t20-/m1/s1. The van der Waals surface area contributed by atoms with E-state index in [1.54, 1.807) is 51.2 Å². The first-order valence-electron chi connectivity index (χ1n) is 7.74. The Kier molecular flexibility index (Phi) is 12.6. The van der Waals surface area contributed by atoms with Crippen LogP contribution in [-0.4, -0.2) is 24.6 Å². The molecule has 130 valence electrons. The molecule has 0 aromatic carbocycles. The smallest absolute Gasteiger partial charge is 0.333 e. The maximum absolute atomic E-state index is 11.8. The lowest BCUT2D eigenvalue weighted by Crippen LogP contribution is -2.19. The average Bonchev–Trinajstić information content (AvgIpc) is 2.58. The van der Waals surface area contributed by atoms with Crippen LogP contribution in [0.3, 0.4) is 0 Å². The number of esters is 2. The zero-order valence-corrected chi connectivity index (χ0v) is 15.0. The van der Waals surface area contributed by atoms with Crippen LogP contribution >= 0.6 is 0 Å². The van der Waals surface area contributed by atoms with Crippen molar-refractivity contribution in [3.8, 4) is 35.5 Å². The Balaban J connectivity index is 4.73. The van der Waals surface area contributed by atoms with Crippen LogP contribution in [0.25, 0.3) is 0 Å². The first-order chi connectivity index (χ1) is 12.0. The van der Waals surface area contributed by atoms with Gasteiger partial charge in [0.25, 0.3) is 0 Å². The molecule has 0 heterocycles. The average molecular weight is 338 g/mol. The number of carbonyl (C=O) groups excluding carboxylic acids is 2. The minimum Gasteiger partial charge on any atom is -0.466 e. The van der Waals surface area contributed by atoms with Gasteiger partial charge in [0.05, 0.1) is 6.61 Å². The van der Waals surface area contributed by atoms with E-state index in [9.17, 15) is 9.59 Å². The molecule has 0 amide bonds. The molecule has 0 aliphatic rings. The predicted octanol–water partition coefficient (Wildman–Crippen LogP) is 2.96. The summed E-state index contributed by atoms with van der Waals surface area (Å²) in [6, 6.07) is 0. The van der Waals surface area contributed by atoms with E-state index >= 15 is 0 Å². The van der Waals surface area contributed by atoms with Gasteiger partial charge in [-0.25, -0.2) is 4.79 Å². The Morgan fingerprint density at radius 3 is 2.44 bits per heavy atom. The molecular formula is C21H22O4. The van der Waals surface area contributed by atoms with Gasteiger partial charge in [-0.05, 0) is 56.6 Å². The Morgan fingerprint density at radius 2 is 1.80 bits per heavy atom. The van der Waals surface area contributed by atoms with Gasteiger partial charge in [0.1, 0.15) is 6.10 Å². The van der Waals surface area contributed by atoms with Crippen molar-refractivity contribution in [1.82, 2.24) is 0 Å². The van der Waals surface area contributed by atoms with E-state index in [4.69, 9.17) is 9.47 Å². The molecule has 0 saturated heterocycles. The third-order valence-corrected chi connectivity index (χ3v) is 2.72. The Morgan fingerprint density at radius 1 is 1.08 bits per heavy atom. The molecule has 0 aromatic rings. The molecule has 0 aromatic heterocycles. The van der Waals surface area contributed by atoms with Crippen LogP contribution in [0.15, 0.2) is 36.0 Å². The van der Waals surface area contributed by atoms with Crippen molar-refractivity contribution in [2.24, 2.45) is 0 Å². The lowest BCUT2D eigenvalue weighted by Gasteiger charge is -2.14. The molecular weight excluding hydrogens is 316 g/mol. The van der Waals surface area contributed by atoms with Crippen molar-refractivity contribution < 1.29 is 19.1 Å². The molecule has 4 nitrogen and oxygen atoms in total. The largest absolute Gasteiger partial charge is 0.466 e. The molecule has 0 aliphatic heterocycles. The molecule has 0 rings (SSSR count). The number of ether oxygens (including phenoxy) is 2. The normalized spacial score (nSPS) is 11.4. The summed E-state index contributed by atoms with van der Waals surface area (Å²) in [5, 5.41) is 0. The maximum atomic E-state index is 11.8. The Hall–Kier alpha value is -3.16. The topological polar surface area (TPSA) is 52.6 Å². The van der Waals surface area contributed by atoms with Gasteiger partial charge in [-0.15, -0.1) is 0 Å². The van der Waals surface area contributed by atoms with Crippen LogP contribution in [0.1, 0.15) is 34.1 Å². The van der Waals surface area contributed by atoms with E-state index in [1.165, 1.54) is 6.92 Å². The fraction of sp³-hybridized carbons (Fsp3) is 0.333. The molecule has 0 bridgehead atoms. The van der Waals surface area contributed by atoms with Crippen LogP contribution in [0, 0.1) is 35.5 Å². The highest BCUT2D eigenvalue weighted by molar-refractivity contribution is 5.87. The van der Waals surface area contributed by atoms with E-state index in [-0.39, 0.29) is 12.6 Å². The summed E-state index contributed by atoms with van der Waals surface area (Å²) in [5.74, 6) is 15.0. The summed E-state index contributed by atoms with van der Waals surface area (Å²) in [4.78, 5) is 22.7. The van der Waals surface area contributed by atoms with E-state index in [0.29, 0.717) is 12.0 Å². The van der Waals surface area contributed by atoms with Gasteiger partial charge in [0, 0.05) is 18.9 Å². The van der Waals surface area contributed by atoms with Gasteiger partial charge < -0.3 is 9.47 Å². The number of hydrogen-bond donors (Lipinski definition) is 0. The lowest BCUT2D eigenvalue weighted by molar-refractivity contribution is -0.144. The predicted molar refractivity (Wildman–Crippen MR) is 97.8 cm³/mol. The molecule has 0 fully saturated rings. The van der Waals surface area contributed by atoms with Gasteiger partial charge in [0.2, 0.25) is 0 Å². The summed E-state index contributed by atoms with van der Waals surface area (Å²) in [5.41, 5.74) is 0.515. The fourth-order valence-corrected chi connectivity index (χ4v) is 1.36. The SMILES string of the molecule is CC#CC#CC#C/C=C\C=C\[C@H](CCOC(C)=O)OC(=O)/C(C)=C\C. The molecule has 0 radical (unpaired) electrons. The van der Waals surface area contributed by atoms with Gasteiger partial charge in [-0.2, -0.15) is 0 Å². The second-order valence-electron chi connectivity index (χ2n) is 4.68. The van der Waals surface area contributed by atoms with Gasteiger partial charge in [0.15, 0.2) is 0 Å². The molecule has 4 heteroatoms. The summed E-state index contributed by atoms with van der Waals surface area (Å²) < 4.78 is 10.3. The Labute approximate surface area is 150 Å². The van der Waals surface area contributed by atoms with Crippen molar-refractivity contribution in [2.75, 3.05) is 6.61 Å². The fourth-order valence-electron chi connectivity index (χ4n) is 1.36. The molecule has 0 spiro atoms. The van der Waals surface area contributed by atoms with Gasteiger partial charge in [-0.1, -0.05) is 30.1 Å². The molecule has 0 saturated carbocycles. The quantitative estimate of drug-likeness (QED) is 0.310. The zero-order valence-electron chi connectivity index (χ0n) is 15.0. The third kappa shape index (κ3) is 13.0. The van der Waals surface area contributed by atoms with Crippen LogP contribution in [0.5, 0.6) is 0 Å². The minimum atomic E-state index is -0.501. The first-order valence-corrected chi connectivity index (χ1v) is 7.74. The minimum absolute atomic E-state index is 0.171. The third-order valence-electron chi connectivity index (χ3n) is 2.72. The monoisotopic (exact) mass is 338 g/mol. The number of carbonyl (C=O) groups is 2. The van der Waals surface area contributed by atoms with Gasteiger partial charge >= 0.3 is 11.9 Å². The second kappa shape index (κ2) is 14.4. The molecule has 0 unspecified atom stereocenters. The lowest BCUT2D eigenvalue weighted by atomic mass is 10.2. The molecule has 1 atom stereocenters. The number of rotatable bonds is 7. The van der Waals surface area contributed by atoms with Crippen molar-refractivity contribution >= 4 is 11.9 Å². The summed E-state index contributed by atoms with van der Waals surface area (Å²) in [7, 11) is 0. The van der Waals surface area contributed by atoms with E-state index in [1.807, 2.05) is 0 Å². The summed E-state index contributed by atoms with van der Waals surface area (Å²) in [6.07, 6.45) is 8.29.